The van der Waals surface area contributed by atoms with Gasteiger partial charge in [0, 0.05) is 18.7 Å². The summed E-state index contributed by atoms with van der Waals surface area (Å²) in [5, 5.41) is 2.56. The first-order valence-corrected chi connectivity index (χ1v) is 15.5. The number of nitrogens with zero attached hydrogens (tertiary/aromatic N) is 1. The lowest BCUT2D eigenvalue weighted by Crippen LogP contribution is -2.52. The van der Waals surface area contributed by atoms with Gasteiger partial charge in [-0.05, 0) is 42.7 Å². The van der Waals surface area contributed by atoms with Crippen LogP contribution in [-0.2, 0) is 28.6 Å². The van der Waals surface area contributed by atoms with Gasteiger partial charge in [0.25, 0.3) is 0 Å². The van der Waals surface area contributed by atoms with Gasteiger partial charge in [0.1, 0.15) is 12.2 Å². The Hall–Kier alpha value is -2.51. The van der Waals surface area contributed by atoms with Crippen LogP contribution in [0.3, 0.4) is 0 Å². The number of sulfonamides is 1. The van der Waals surface area contributed by atoms with Gasteiger partial charge in [-0.25, -0.2) is 17.8 Å². The first-order valence-electron chi connectivity index (χ1n) is 12.5. The van der Waals surface area contributed by atoms with Crippen molar-refractivity contribution in [1.29, 1.82) is 0 Å². The van der Waals surface area contributed by atoms with E-state index in [0.717, 1.165) is 4.31 Å². The molecule has 0 spiro atoms. The molecule has 1 saturated heterocycles. The fraction of sp³-hybridized carbons (Fsp3) is 0.480. The Bertz CT molecular complexity index is 1230. The van der Waals surface area contributed by atoms with Crippen molar-refractivity contribution in [2.75, 3.05) is 25.5 Å². The molecule has 1 fully saturated rings. The maximum absolute atomic E-state index is 14.0. The number of benzene rings is 2. The summed E-state index contributed by atoms with van der Waals surface area (Å²) in [7, 11) is -9.43. The molecule has 216 valence electrons. The Balaban J connectivity index is 2.10. The van der Waals surface area contributed by atoms with Gasteiger partial charge < -0.3 is 30.3 Å². The number of phosphoric acid groups is 1. The van der Waals surface area contributed by atoms with Gasteiger partial charge in [-0.1, -0.05) is 44.2 Å². The highest BCUT2D eigenvalue weighted by Crippen LogP contribution is 2.44. The number of nitrogen functional groups attached to an aromatic ring is 1. The molecule has 1 amide bonds. The van der Waals surface area contributed by atoms with Gasteiger partial charge in [-0.3, -0.25) is 4.52 Å². The number of carbonyl (C=O) groups excluding carboxylic acids is 1. The third-order valence-electron chi connectivity index (χ3n) is 6.05. The Kier molecular flexibility index (Phi) is 10.5. The van der Waals surface area contributed by atoms with Gasteiger partial charge in [0.2, 0.25) is 10.0 Å². The summed E-state index contributed by atoms with van der Waals surface area (Å²) in [5.41, 5.74) is 6.54. The number of rotatable bonds is 12. The predicted molar refractivity (Wildman–Crippen MR) is 144 cm³/mol. The molecular formula is C25H36N3O9PS. The SMILES string of the molecule is CC(C)CN(C(c1ccccc1)[C@H](OP(=O)(O)O)[C@H](C)NC(=O)O[C@H]1CCOC1)S(=O)(=O)c1ccc(N)cc1. The molecule has 0 saturated carbocycles. The average molecular weight is 586 g/mol. The number of anilines is 1. The third-order valence-corrected chi connectivity index (χ3v) is 8.43. The van der Waals surface area contributed by atoms with Crippen LogP contribution in [0.4, 0.5) is 10.5 Å². The molecule has 5 N–H and O–H groups in total. The van der Waals surface area contributed by atoms with Crippen LogP contribution in [0.2, 0.25) is 0 Å². The van der Waals surface area contributed by atoms with Crippen LogP contribution in [0, 0.1) is 5.92 Å². The molecular weight excluding hydrogens is 549 g/mol. The normalized spacial score (nSPS) is 18.6. The summed E-state index contributed by atoms with van der Waals surface area (Å²) in [4.78, 5) is 32.3. The van der Waals surface area contributed by atoms with E-state index in [0.29, 0.717) is 24.3 Å². The van der Waals surface area contributed by atoms with Gasteiger partial charge in [0.15, 0.2) is 0 Å². The molecule has 3 rings (SSSR count). The van der Waals surface area contributed by atoms with Crippen LogP contribution in [0.5, 0.6) is 0 Å². The second-order valence-electron chi connectivity index (χ2n) is 9.78. The number of hydrogen-bond acceptors (Lipinski definition) is 8. The first kappa shape index (κ1) is 31.0. The Morgan fingerprint density at radius 3 is 2.33 bits per heavy atom. The molecule has 0 aromatic heterocycles. The lowest BCUT2D eigenvalue weighted by Gasteiger charge is -2.39. The zero-order valence-corrected chi connectivity index (χ0v) is 23.8. The minimum atomic E-state index is -5.18. The quantitative estimate of drug-likeness (QED) is 0.214. The predicted octanol–water partition coefficient (Wildman–Crippen LogP) is 3.04. The molecule has 2 aromatic carbocycles. The summed E-state index contributed by atoms with van der Waals surface area (Å²) in [6.45, 7) is 5.75. The molecule has 39 heavy (non-hydrogen) atoms. The van der Waals surface area contributed by atoms with Crippen molar-refractivity contribution >= 4 is 29.6 Å². The highest BCUT2D eigenvalue weighted by molar-refractivity contribution is 7.89. The van der Waals surface area contributed by atoms with Gasteiger partial charge in [-0.15, -0.1) is 0 Å². The first-order chi connectivity index (χ1) is 18.3. The second kappa shape index (κ2) is 13.2. The zero-order valence-electron chi connectivity index (χ0n) is 22.0. The van der Waals surface area contributed by atoms with E-state index >= 15 is 0 Å². The third kappa shape index (κ3) is 8.74. The summed E-state index contributed by atoms with van der Waals surface area (Å²) >= 11 is 0. The molecule has 0 radical (unpaired) electrons. The van der Waals surface area contributed by atoms with Gasteiger partial charge in [0.05, 0.1) is 30.2 Å². The van der Waals surface area contributed by atoms with Crippen LogP contribution < -0.4 is 11.1 Å². The second-order valence-corrected chi connectivity index (χ2v) is 12.9. The smallest absolute Gasteiger partial charge is 0.444 e. The van der Waals surface area contributed by atoms with E-state index in [2.05, 4.69) is 5.32 Å². The van der Waals surface area contributed by atoms with Crippen molar-refractivity contribution in [2.24, 2.45) is 5.92 Å². The largest absolute Gasteiger partial charge is 0.469 e. The summed E-state index contributed by atoms with van der Waals surface area (Å²) in [6.07, 6.45) is -2.32. The highest BCUT2D eigenvalue weighted by Gasteiger charge is 2.44. The van der Waals surface area contributed by atoms with E-state index < -0.39 is 48.2 Å². The van der Waals surface area contributed by atoms with Crippen LogP contribution in [0.25, 0.3) is 0 Å². The van der Waals surface area contributed by atoms with E-state index in [1.54, 1.807) is 30.3 Å². The summed E-state index contributed by atoms with van der Waals surface area (Å²) < 4.78 is 57.2. The molecule has 0 bridgehead atoms. The van der Waals surface area contributed by atoms with Crippen molar-refractivity contribution < 1.29 is 41.6 Å². The van der Waals surface area contributed by atoms with Crippen molar-refractivity contribution in [3.8, 4) is 0 Å². The number of nitrogens with one attached hydrogen (secondary N) is 1. The molecule has 14 heteroatoms. The highest BCUT2D eigenvalue weighted by atomic mass is 32.2. The van der Waals surface area contributed by atoms with Crippen LogP contribution >= 0.6 is 7.82 Å². The molecule has 4 atom stereocenters. The van der Waals surface area contributed by atoms with Crippen molar-refractivity contribution in [1.82, 2.24) is 9.62 Å². The minimum Gasteiger partial charge on any atom is -0.444 e. The molecule has 2 aromatic rings. The number of ether oxygens (including phenoxy) is 2. The zero-order chi connectivity index (χ0) is 28.8. The average Bonchev–Trinajstić information content (AvgIpc) is 3.35. The van der Waals surface area contributed by atoms with Gasteiger partial charge >= 0.3 is 13.9 Å². The molecule has 1 aliphatic heterocycles. The number of alkyl carbamates (subject to hydrolysis) is 1. The molecule has 1 unspecified atom stereocenters. The molecule has 0 aliphatic carbocycles. The van der Waals surface area contributed by atoms with E-state index in [4.69, 9.17) is 19.7 Å². The van der Waals surface area contributed by atoms with E-state index in [-0.39, 0.29) is 24.0 Å². The Morgan fingerprint density at radius 2 is 1.79 bits per heavy atom. The van der Waals surface area contributed by atoms with Crippen LogP contribution in [0.1, 0.15) is 38.8 Å². The van der Waals surface area contributed by atoms with Crippen LogP contribution in [-0.4, -0.2) is 66.6 Å². The van der Waals surface area contributed by atoms with Crippen molar-refractivity contribution in [3.05, 3.63) is 60.2 Å². The lowest BCUT2D eigenvalue weighted by molar-refractivity contribution is 0.0396. The van der Waals surface area contributed by atoms with Crippen molar-refractivity contribution in [3.63, 3.8) is 0 Å². The fourth-order valence-corrected chi connectivity index (χ4v) is 6.71. The summed E-state index contributed by atoms with van der Waals surface area (Å²) in [5.74, 6) is -0.189. The van der Waals surface area contributed by atoms with Crippen molar-refractivity contribution in [2.45, 2.75) is 56.4 Å². The molecule has 1 heterocycles. The number of nitrogens with two attached hydrogens (primary N) is 1. The number of carbonyl (C=O) groups is 1. The fourth-order valence-electron chi connectivity index (χ4n) is 4.31. The molecule has 12 nitrogen and oxygen atoms in total. The Morgan fingerprint density at radius 1 is 1.15 bits per heavy atom. The van der Waals surface area contributed by atoms with Gasteiger partial charge in [-0.2, -0.15) is 4.31 Å². The number of amides is 1. The standard InChI is InChI=1S/C25H36N3O9PS/c1-17(2)15-28(39(33,34)22-11-9-20(26)10-12-22)23(19-7-5-4-6-8-19)24(37-38(30,31)32)18(3)27-25(29)36-21-13-14-35-16-21/h4-12,17-18,21,23-24H,13-16,26H2,1-3H3,(H,27,29)(H2,30,31,32)/t18-,21-,23?,24+/m0/s1. The maximum atomic E-state index is 14.0. The van der Waals surface area contributed by atoms with E-state index in [1.165, 1.54) is 31.2 Å². The minimum absolute atomic E-state index is 0.0239. The monoisotopic (exact) mass is 585 g/mol. The van der Waals surface area contributed by atoms with E-state index in [1.807, 2.05) is 13.8 Å². The number of hydrogen-bond donors (Lipinski definition) is 4. The van der Waals surface area contributed by atoms with Crippen LogP contribution in [0.15, 0.2) is 59.5 Å². The molecule has 1 aliphatic rings. The lowest BCUT2D eigenvalue weighted by atomic mass is 9.96. The summed E-state index contributed by atoms with van der Waals surface area (Å²) in [6, 6.07) is 11.6. The maximum Gasteiger partial charge on any atom is 0.469 e. The topological polar surface area (TPSA) is 178 Å². The number of phosphoric ester groups is 1. The van der Waals surface area contributed by atoms with E-state index in [9.17, 15) is 27.6 Å². The Labute approximate surface area is 228 Å².